The summed E-state index contributed by atoms with van der Waals surface area (Å²) >= 11 is 0. The maximum Gasteiger partial charge on any atom is 0.309 e. The third kappa shape index (κ3) is 6.71. The van der Waals surface area contributed by atoms with Crippen molar-refractivity contribution in [2.75, 3.05) is 6.61 Å². The second-order valence-electron chi connectivity index (χ2n) is 7.53. The second-order valence-corrected chi connectivity index (χ2v) is 7.53. The van der Waals surface area contributed by atoms with Crippen molar-refractivity contribution >= 4 is 23.5 Å². The number of ether oxygens (including phenoxy) is 1. The van der Waals surface area contributed by atoms with Gasteiger partial charge in [0.05, 0.1) is 23.9 Å². The molecule has 0 amide bonds. The third-order valence-electron chi connectivity index (χ3n) is 5.16. The van der Waals surface area contributed by atoms with Crippen molar-refractivity contribution in [1.29, 1.82) is 0 Å². The molecule has 0 aromatic heterocycles. The Kier molecular flexibility index (Phi) is 9.25. The van der Waals surface area contributed by atoms with E-state index in [1.54, 1.807) is 6.92 Å². The van der Waals surface area contributed by atoms with E-state index in [0.29, 0.717) is 18.4 Å². The number of rotatable bonds is 11. The van der Waals surface area contributed by atoms with Gasteiger partial charge in [0.2, 0.25) is 0 Å². The van der Waals surface area contributed by atoms with Crippen LogP contribution in [0.25, 0.3) is 0 Å². The van der Waals surface area contributed by atoms with Gasteiger partial charge in [0.15, 0.2) is 11.6 Å². The maximum atomic E-state index is 12.3. The van der Waals surface area contributed by atoms with Gasteiger partial charge in [0.1, 0.15) is 6.61 Å². The summed E-state index contributed by atoms with van der Waals surface area (Å²) in [6, 6.07) is 0. The van der Waals surface area contributed by atoms with E-state index in [-0.39, 0.29) is 24.2 Å². The van der Waals surface area contributed by atoms with E-state index in [9.17, 15) is 29.4 Å². The molecule has 7 heteroatoms. The summed E-state index contributed by atoms with van der Waals surface area (Å²) in [4.78, 5) is 47.8. The molecule has 4 unspecified atom stereocenters. The van der Waals surface area contributed by atoms with Gasteiger partial charge in [0.25, 0.3) is 0 Å². The lowest BCUT2D eigenvalue weighted by atomic mass is 9.79. The van der Waals surface area contributed by atoms with Crippen molar-refractivity contribution in [3.63, 3.8) is 0 Å². The topological polar surface area (TPSA) is 118 Å². The standard InChI is InChI=1S/C21H30O7/c1-12(2)17(22)10-9-16(19(24)13(3)4)18(23)11-28-21(27)15-8-6-5-7-14(15)20(25)26/h14-16,18,23H,1,3,5-11H2,2,4H3,(H,25,26). The summed E-state index contributed by atoms with van der Waals surface area (Å²) in [5.41, 5.74) is 0.593. The summed E-state index contributed by atoms with van der Waals surface area (Å²) in [7, 11) is 0. The van der Waals surface area contributed by atoms with E-state index < -0.39 is 48.2 Å². The number of carboxylic acids is 1. The number of hydrogen-bond donors (Lipinski definition) is 2. The lowest BCUT2D eigenvalue weighted by Crippen LogP contribution is -2.37. The molecule has 0 spiro atoms. The summed E-state index contributed by atoms with van der Waals surface area (Å²) < 4.78 is 5.15. The number of carboxylic acid groups (broad SMARTS) is 1. The molecule has 4 atom stereocenters. The van der Waals surface area contributed by atoms with Crippen molar-refractivity contribution in [3.05, 3.63) is 24.3 Å². The number of aliphatic hydroxyl groups is 1. The number of hydrogen-bond acceptors (Lipinski definition) is 6. The fourth-order valence-electron chi connectivity index (χ4n) is 3.41. The highest BCUT2D eigenvalue weighted by atomic mass is 16.5. The molecule has 1 saturated carbocycles. The maximum absolute atomic E-state index is 12.3. The van der Waals surface area contributed by atoms with Gasteiger partial charge in [-0.15, -0.1) is 0 Å². The van der Waals surface area contributed by atoms with Gasteiger partial charge in [-0.2, -0.15) is 0 Å². The first kappa shape index (κ1) is 23.8. The van der Waals surface area contributed by atoms with Crippen LogP contribution < -0.4 is 0 Å². The number of aliphatic hydroxyl groups excluding tert-OH is 1. The predicted octanol–water partition coefficient (Wildman–Crippen LogP) is 2.47. The van der Waals surface area contributed by atoms with E-state index in [1.165, 1.54) is 6.92 Å². The Morgan fingerprint density at radius 1 is 1.04 bits per heavy atom. The molecule has 0 aromatic rings. The molecule has 0 saturated heterocycles. The highest BCUT2D eigenvalue weighted by Crippen LogP contribution is 2.31. The molecular formula is C21H30O7. The van der Waals surface area contributed by atoms with Crippen LogP contribution in [0.5, 0.6) is 0 Å². The molecule has 0 aliphatic heterocycles. The SMILES string of the molecule is C=C(C)C(=O)CCC(C(=O)C(=C)C)C(O)COC(=O)C1CCCCC1C(=O)O. The van der Waals surface area contributed by atoms with Crippen molar-refractivity contribution in [3.8, 4) is 0 Å². The van der Waals surface area contributed by atoms with Gasteiger partial charge in [-0.05, 0) is 44.3 Å². The Bertz CT molecular complexity index is 649. The molecular weight excluding hydrogens is 364 g/mol. The smallest absolute Gasteiger partial charge is 0.309 e. The minimum absolute atomic E-state index is 0.0355. The highest BCUT2D eigenvalue weighted by molar-refractivity contribution is 5.98. The number of esters is 1. The lowest BCUT2D eigenvalue weighted by Gasteiger charge is -2.28. The van der Waals surface area contributed by atoms with E-state index in [2.05, 4.69) is 13.2 Å². The number of allylic oxidation sites excluding steroid dienone is 2. The summed E-state index contributed by atoms with van der Waals surface area (Å²) in [5, 5.41) is 19.7. The van der Waals surface area contributed by atoms with Crippen LogP contribution in [0.1, 0.15) is 52.4 Å². The van der Waals surface area contributed by atoms with E-state index in [0.717, 1.165) is 12.8 Å². The van der Waals surface area contributed by atoms with Crippen molar-refractivity contribution in [2.45, 2.75) is 58.5 Å². The first-order valence-corrected chi connectivity index (χ1v) is 9.52. The Hall–Kier alpha value is -2.28. The zero-order valence-electron chi connectivity index (χ0n) is 16.6. The van der Waals surface area contributed by atoms with Gasteiger partial charge < -0.3 is 14.9 Å². The minimum Gasteiger partial charge on any atom is -0.481 e. The number of carbonyl (C=O) groups is 4. The summed E-state index contributed by atoms with van der Waals surface area (Å²) in [5.74, 6) is -4.80. The molecule has 1 rings (SSSR count). The average molecular weight is 394 g/mol. The Morgan fingerprint density at radius 3 is 2.11 bits per heavy atom. The quantitative estimate of drug-likeness (QED) is 0.408. The minimum atomic E-state index is -1.31. The third-order valence-corrected chi connectivity index (χ3v) is 5.16. The van der Waals surface area contributed by atoms with Gasteiger partial charge in [-0.25, -0.2) is 0 Å². The molecule has 0 bridgehead atoms. The van der Waals surface area contributed by atoms with Crippen LogP contribution in [0.4, 0.5) is 0 Å². The summed E-state index contributed by atoms with van der Waals surface area (Å²) in [6.07, 6.45) is 1.13. The summed E-state index contributed by atoms with van der Waals surface area (Å²) in [6.45, 7) is 9.78. The Balaban J connectivity index is 2.74. The van der Waals surface area contributed by atoms with Crippen LogP contribution in [0, 0.1) is 17.8 Å². The van der Waals surface area contributed by atoms with Crippen LogP contribution in [0.3, 0.4) is 0 Å². The lowest BCUT2D eigenvalue weighted by molar-refractivity contribution is -0.162. The molecule has 7 nitrogen and oxygen atoms in total. The van der Waals surface area contributed by atoms with Gasteiger partial charge >= 0.3 is 11.9 Å². The molecule has 1 fully saturated rings. The van der Waals surface area contributed by atoms with Gasteiger partial charge in [-0.1, -0.05) is 26.0 Å². The fraction of sp³-hybridized carbons (Fsp3) is 0.619. The molecule has 1 aliphatic carbocycles. The van der Waals surface area contributed by atoms with Crippen LogP contribution in [0.15, 0.2) is 24.3 Å². The van der Waals surface area contributed by atoms with E-state index >= 15 is 0 Å². The first-order valence-electron chi connectivity index (χ1n) is 9.52. The van der Waals surface area contributed by atoms with Crippen LogP contribution in [0.2, 0.25) is 0 Å². The molecule has 156 valence electrons. The molecule has 28 heavy (non-hydrogen) atoms. The molecule has 2 N–H and O–H groups in total. The van der Waals surface area contributed by atoms with Gasteiger partial charge in [0, 0.05) is 6.42 Å². The number of ketones is 2. The zero-order chi connectivity index (χ0) is 21.4. The largest absolute Gasteiger partial charge is 0.481 e. The van der Waals surface area contributed by atoms with E-state index in [4.69, 9.17) is 4.74 Å². The number of carbonyl (C=O) groups excluding carboxylic acids is 3. The average Bonchev–Trinajstić information content (AvgIpc) is 2.65. The molecule has 0 radical (unpaired) electrons. The number of aliphatic carboxylic acids is 1. The van der Waals surface area contributed by atoms with Crippen LogP contribution >= 0.6 is 0 Å². The zero-order valence-corrected chi connectivity index (χ0v) is 16.6. The second kappa shape index (κ2) is 10.9. The first-order chi connectivity index (χ1) is 13.1. The number of Topliss-reactive ketones (excluding diaryl/α,β-unsaturated/α-hetero) is 2. The van der Waals surface area contributed by atoms with Crippen molar-refractivity contribution in [2.24, 2.45) is 17.8 Å². The fourth-order valence-corrected chi connectivity index (χ4v) is 3.41. The van der Waals surface area contributed by atoms with Gasteiger partial charge in [-0.3, -0.25) is 19.2 Å². The van der Waals surface area contributed by atoms with Crippen molar-refractivity contribution < 1.29 is 34.1 Å². The Labute approximate surface area is 165 Å². The molecule has 0 heterocycles. The molecule has 0 aromatic carbocycles. The highest BCUT2D eigenvalue weighted by Gasteiger charge is 2.37. The van der Waals surface area contributed by atoms with Crippen molar-refractivity contribution in [1.82, 2.24) is 0 Å². The van der Waals surface area contributed by atoms with E-state index in [1.807, 2.05) is 0 Å². The Morgan fingerprint density at radius 2 is 1.61 bits per heavy atom. The normalized spacial score (nSPS) is 21.2. The monoisotopic (exact) mass is 394 g/mol. The van der Waals surface area contributed by atoms with Crippen LogP contribution in [-0.2, 0) is 23.9 Å². The van der Waals surface area contributed by atoms with Crippen LogP contribution in [-0.4, -0.2) is 46.4 Å². The predicted molar refractivity (Wildman–Crippen MR) is 102 cm³/mol. The molecule has 1 aliphatic rings.